The zero-order valence-corrected chi connectivity index (χ0v) is 22.6. The molecule has 0 spiro atoms. The van der Waals surface area contributed by atoms with E-state index in [1.54, 1.807) is 25.1 Å². The van der Waals surface area contributed by atoms with E-state index in [0.29, 0.717) is 49.1 Å². The summed E-state index contributed by atoms with van der Waals surface area (Å²) in [5.74, 6) is -1.58. The Bertz CT molecular complexity index is 1190. The molecule has 1 aromatic heterocycles. The lowest BCUT2D eigenvalue weighted by Gasteiger charge is -2.37. The van der Waals surface area contributed by atoms with Crippen molar-refractivity contribution in [3.8, 4) is 0 Å². The average molecular weight is 544 g/mol. The molecule has 0 unspecified atom stereocenters. The number of amides is 1. The number of ketones is 1. The van der Waals surface area contributed by atoms with Crippen molar-refractivity contribution in [2.45, 2.75) is 90.0 Å². The number of furan rings is 1. The molecule has 0 bridgehead atoms. The summed E-state index contributed by atoms with van der Waals surface area (Å²) < 4.78 is 31.8. The molecule has 2 aliphatic carbocycles. The predicted octanol–water partition coefficient (Wildman–Crippen LogP) is 6.75. The topological polar surface area (TPSA) is 87.8 Å². The Kier molecular flexibility index (Phi) is 8.38. The van der Waals surface area contributed by atoms with Gasteiger partial charge in [0.25, 0.3) is 0 Å². The van der Waals surface area contributed by atoms with Crippen molar-refractivity contribution in [1.29, 1.82) is 0 Å². The number of halogens is 2. The van der Waals surface area contributed by atoms with Crippen molar-refractivity contribution in [3.63, 3.8) is 0 Å². The van der Waals surface area contributed by atoms with E-state index >= 15 is 0 Å². The highest BCUT2D eigenvalue weighted by Crippen LogP contribution is 2.42. The van der Waals surface area contributed by atoms with Gasteiger partial charge in [-0.3, -0.25) is 9.59 Å². The molecule has 1 saturated heterocycles. The number of aromatic carboxylic acids is 1. The third-order valence-corrected chi connectivity index (χ3v) is 9.74. The lowest BCUT2D eigenvalue weighted by Crippen LogP contribution is -2.48. The van der Waals surface area contributed by atoms with Crippen LogP contribution in [0.25, 0.3) is 11.0 Å². The third-order valence-electron chi connectivity index (χ3n) is 9.74. The van der Waals surface area contributed by atoms with Crippen molar-refractivity contribution >= 4 is 28.6 Å². The van der Waals surface area contributed by atoms with Crippen molar-refractivity contribution in [3.05, 3.63) is 35.6 Å². The summed E-state index contributed by atoms with van der Waals surface area (Å²) in [7, 11) is 0. The van der Waals surface area contributed by atoms with Crippen molar-refractivity contribution in [2.75, 3.05) is 6.54 Å². The number of carbonyl (C=O) groups excluding carboxylic acids is 2. The smallest absolute Gasteiger partial charge is 0.371 e. The standard InChI is InChI=1S/C31H39F2NO5/c1-18(29(32)33)20-8-10-22(11-9-20)30(36)34-14-13-24(21-5-3-2-4-6-21)28(34)25(35)16-19-7-12-26-23(15-19)17-27(39-26)31(37)38/h7,12,15,17-18,20-22,24,28-29H,2-6,8-11,13-14,16H2,1H3,(H,37,38)/t18-,20?,22?,24-,28-/m0/s1. The quantitative estimate of drug-likeness (QED) is 0.398. The molecule has 1 amide bonds. The molecule has 1 N–H and O–H groups in total. The molecule has 8 heteroatoms. The molecule has 3 atom stereocenters. The Balaban J connectivity index is 1.33. The number of carbonyl (C=O) groups is 3. The van der Waals surface area contributed by atoms with Gasteiger partial charge in [0.1, 0.15) is 5.58 Å². The Morgan fingerprint density at radius 2 is 1.72 bits per heavy atom. The van der Waals surface area contributed by atoms with Gasteiger partial charge in [-0.25, -0.2) is 13.6 Å². The van der Waals surface area contributed by atoms with Crippen LogP contribution in [0.4, 0.5) is 8.78 Å². The van der Waals surface area contributed by atoms with E-state index in [-0.39, 0.29) is 41.6 Å². The van der Waals surface area contributed by atoms with Crippen LogP contribution in [-0.4, -0.2) is 46.7 Å². The van der Waals surface area contributed by atoms with E-state index in [1.807, 2.05) is 4.90 Å². The Morgan fingerprint density at radius 1 is 1.00 bits per heavy atom. The number of fused-ring (bicyclic) bond motifs is 1. The molecular formula is C31H39F2NO5. The maximum absolute atomic E-state index is 13.9. The van der Waals surface area contributed by atoms with Gasteiger partial charge in [-0.15, -0.1) is 0 Å². The first kappa shape index (κ1) is 27.8. The number of benzene rings is 1. The molecule has 3 fully saturated rings. The fourth-order valence-corrected chi connectivity index (χ4v) is 7.48. The van der Waals surface area contributed by atoms with Crippen LogP contribution in [0.15, 0.2) is 28.7 Å². The molecule has 1 aliphatic heterocycles. The second-order valence-electron chi connectivity index (χ2n) is 12.1. The number of carboxylic acids is 1. The summed E-state index contributed by atoms with van der Waals surface area (Å²) in [4.78, 5) is 40.9. The van der Waals surface area contributed by atoms with Gasteiger partial charge in [-0.2, -0.15) is 0 Å². The molecule has 3 aliphatic rings. The minimum Gasteiger partial charge on any atom is -0.475 e. The monoisotopic (exact) mass is 543 g/mol. The fourth-order valence-electron chi connectivity index (χ4n) is 7.48. The predicted molar refractivity (Wildman–Crippen MR) is 143 cm³/mol. The summed E-state index contributed by atoms with van der Waals surface area (Å²) in [6, 6.07) is 6.28. The number of likely N-dealkylation sites (tertiary alicyclic amines) is 1. The van der Waals surface area contributed by atoms with Gasteiger partial charge in [0.15, 0.2) is 5.78 Å². The maximum Gasteiger partial charge on any atom is 0.371 e. The fraction of sp³-hybridized carbons (Fsp3) is 0.645. The van der Waals surface area contributed by atoms with Gasteiger partial charge in [-0.05, 0) is 73.6 Å². The number of nitrogens with zero attached hydrogens (tertiary/aromatic N) is 1. The summed E-state index contributed by atoms with van der Waals surface area (Å²) in [6.45, 7) is 2.18. The molecule has 212 valence electrons. The number of hydrogen-bond donors (Lipinski definition) is 1. The average Bonchev–Trinajstić information content (AvgIpc) is 3.58. The summed E-state index contributed by atoms with van der Waals surface area (Å²) in [5.41, 5.74) is 1.23. The van der Waals surface area contributed by atoms with Crippen molar-refractivity contribution < 1.29 is 32.7 Å². The minimum atomic E-state index is -2.34. The van der Waals surface area contributed by atoms with Crippen LogP contribution in [-0.2, 0) is 16.0 Å². The molecule has 2 saturated carbocycles. The zero-order chi connectivity index (χ0) is 27.7. The minimum absolute atomic E-state index is 0.0196. The second kappa shape index (κ2) is 11.8. The maximum atomic E-state index is 13.9. The number of alkyl halides is 2. The molecule has 39 heavy (non-hydrogen) atoms. The van der Waals surface area contributed by atoms with Crippen molar-refractivity contribution in [1.82, 2.24) is 4.90 Å². The lowest BCUT2D eigenvalue weighted by atomic mass is 9.74. The van der Waals surface area contributed by atoms with E-state index in [9.17, 15) is 28.3 Å². The first-order valence-corrected chi connectivity index (χ1v) is 14.6. The number of carboxylic acid groups (broad SMARTS) is 1. The van der Waals surface area contributed by atoms with Gasteiger partial charge in [0.05, 0.1) is 6.04 Å². The van der Waals surface area contributed by atoms with Crippen LogP contribution in [0.1, 0.15) is 87.3 Å². The van der Waals surface area contributed by atoms with Gasteiger partial charge < -0.3 is 14.4 Å². The van der Waals surface area contributed by atoms with Crippen LogP contribution in [0, 0.1) is 29.6 Å². The van der Waals surface area contributed by atoms with E-state index in [0.717, 1.165) is 37.7 Å². The Labute approximate surface area is 228 Å². The highest BCUT2D eigenvalue weighted by molar-refractivity contribution is 5.94. The molecule has 5 rings (SSSR count). The zero-order valence-electron chi connectivity index (χ0n) is 22.6. The molecule has 2 aromatic rings. The molecule has 0 radical (unpaired) electrons. The number of hydrogen-bond acceptors (Lipinski definition) is 4. The van der Waals surface area contributed by atoms with Gasteiger partial charge in [-0.1, -0.05) is 45.1 Å². The number of rotatable bonds is 8. The van der Waals surface area contributed by atoms with Gasteiger partial charge >= 0.3 is 5.97 Å². The third kappa shape index (κ3) is 5.90. The first-order chi connectivity index (χ1) is 18.7. The second-order valence-corrected chi connectivity index (χ2v) is 12.1. The van der Waals surface area contributed by atoms with Crippen LogP contribution in [0.3, 0.4) is 0 Å². The van der Waals surface area contributed by atoms with Gasteiger partial charge in [0, 0.05) is 30.2 Å². The van der Waals surface area contributed by atoms with Crippen LogP contribution in [0.2, 0.25) is 0 Å². The molecule has 2 heterocycles. The SMILES string of the molecule is C[C@H](C(F)F)C1CCC(C(=O)N2CC[C@@H](C3CCCCC3)[C@H]2C(=O)Cc2ccc3oc(C(=O)O)cc3c2)CC1. The highest BCUT2D eigenvalue weighted by atomic mass is 19.3. The summed E-state index contributed by atoms with van der Waals surface area (Å²) in [6.07, 6.45) is 6.84. The normalized spacial score (nSPS) is 27.2. The van der Waals surface area contributed by atoms with E-state index in [4.69, 9.17) is 4.42 Å². The van der Waals surface area contributed by atoms with E-state index in [1.165, 1.54) is 12.5 Å². The van der Waals surface area contributed by atoms with E-state index in [2.05, 4.69) is 0 Å². The molecule has 6 nitrogen and oxygen atoms in total. The van der Waals surface area contributed by atoms with Crippen LogP contribution < -0.4 is 0 Å². The summed E-state index contributed by atoms with van der Waals surface area (Å²) >= 11 is 0. The highest BCUT2D eigenvalue weighted by Gasteiger charge is 2.46. The van der Waals surface area contributed by atoms with Crippen molar-refractivity contribution in [2.24, 2.45) is 29.6 Å². The lowest BCUT2D eigenvalue weighted by molar-refractivity contribution is -0.143. The Morgan fingerprint density at radius 3 is 2.38 bits per heavy atom. The molecular weight excluding hydrogens is 504 g/mol. The van der Waals surface area contributed by atoms with Gasteiger partial charge in [0.2, 0.25) is 18.1 Å². The summed E-state index contributed by atoms with van der Waals surface area (Å²) in [5, 5.41) is 9.87. The Hall–Kier alpha value is -2.77. The molecule has 1 aromatic carbocycles. The van der Waals surface area contributed by atoms with Crippen LogP contribution >= 0.6 is 0 Å². The largest absolute Gasteiger partial charge is 0.475 e. The first-order valence-electron chi connectivity index (χ1n) is 14.6. The van der Waals surface area contributed by atoms with Crippen LogP contribution in [0.5, 0.6) is 0 Å². The number of Topliss-reactive ketones (excluding diaryl/α,β-unsaturated/α-hetero) is 1. The van der Waals surface area contributed by atoms with E-state index < -0.39 is 24.4 Å².